The van der Waals surface area contributed by atoms with E-state index in [4.69, 9.17) is 37.9 Å². The van der Waals surface area contributed by atoms with Gasteiger partial charge >= 0.3 is 23.9 Å². The van der Waals surface area contributed by atoms with Crippen LogP contribution >= 0.6 is 0 Å². The molecule has 1 spiro atoms. The Bertz CT molecular complexity index is 2170. The fourth-order valence-corrected chi connectivity index (χ4v) is 16.4. The molecule has 0 amide bonds. The summed E-state index contributed by atoms with van der Waals surface area (Å²) in [6, 6.07) is 0. The number of carbonyl (C=O) groups excluding carboxylic acids is 5. The SMILES string of the molecule is CC(=O)O[C@@H]1[C@@H](O[C@H]2O[C@H]3O[C@H](C4=C[C@@H](OC(C)=O)[C@H]5C(C)(C)CCC[C@]5(C)[C@@]4(O)C=O)O[C@@]34C2=C[C@@H](OC(C)=O)[C@H]2C(C)(C)CCC[C@@]24C)C2=C(C(=O)OC2)[C@@]2(C)CCCC(C)(C)[C@H]12. The van der Waals surface area contributed by atoms with Crippen molar-refractivity contribution >= 4 is 30.2 Å². The Kier molecular flexibility index (Phi) is 10.8. The van der Waals surface area contributed by atoms with Gasteiger partial charge in [-0.1, -0.05) is 81.6 Å². The molecular weight excluding hydrogens is 837 g/mol. The first kappa shape index (κ1) is 46.7. The van der Waals surface area contributed by atoms with Gasteiger partial charge in [-0.05, 0) is 66.9 Å². The highest BCUT2D eigenvalue weighted by atomic mass is 16.9. The largest absolute Gasteiger partial charge is 0.459 e. The van der Waals surface area contributed by atoms with E-state index in [9.17, 15) is 29.1 Å². The number of aliphatic hydroxyl groups is 1. The highest BCUT2D eigenvalue weighted by Crippen LogP contribution is 2.71. The van der Waals surface area contributed by atoms with E-state index < -0.39 is 106 Å². The summed E-state index contributed by atoms with van der Waals surface area (Å²) in [7, 11) is 0. The molecule has 358 valence electrons. The van der Waals surface area contributed by atoms with Crippen LogP contribution in [0.25, 0.3) is 0 Å². The van der Waals surface area contributed by atoms with Gasteiger partial charge in [0.25, 0.3) is 0 Å². The van der Waals surface area contributed by atoms with E-state index in [2.05, 4.69) is 55.4 Å². The van der Waals surface area contributed by atoms with Crippen LogP contribution in [-0.2, 0) is 61.9 Å². The maximum Gasteiger partial charge on any atom is 0.335 e. The monoisotopic (exact) mass is 906 g/mol. The molecule has 3 heterocycles. The lowest BCUT2D eigenvalue weighted by molar-refractivity contribution is -0.243. The molecule has 5 fully saturated rings. The van der Waals surface area contributed by atoms with Gasteiger partial charge < -0.3 is 43.0 Å². The summed E-state index contributed by atoms with van der Waals surface area (Å²) in [5.41, 5.74) is -5.56. The third kappa shape index (κ3) is 6.44. The number of aldehydes is 1. The maximum absolute atomic E-state index is 13.8. The lowest BCUT2D eigenvalue weighted by atomic mass is 9.46. The van der Waals surface area contributed by atoms with Crippen molar-refractivity contribution in [2.45, 2.75) is 195 Å². The Labute approximate surface area is 382 Å². The molecule has 0 aromatic rings. The van der Waals surface area contributed by atoms with Gasteiger partial charge in [-0.3, -0.25) is 19.2 Å². The lowest BCUT2D eigenvalue weighted by Gasteiger charge is -2.61. The van der Waals surface area contributed by atoms with Crippen molar-refractivity contribution in [2.75, 3.05) is 6.61 Å². The molecule has 9 rings (SSSR count). The summed E-state index contributed by atoms with van der Waals surface area (Å²) in [6.07, 6.45) is 3.64. The quantitative estimate of drug-likeness (QED) is 0.118. The molecule has 65 heavy (non-hydrogen) atoms. The number of hydrogen-bond acceptors (Lipinski definition) is 14. The topological polar surface area (TPSA) is 179 Å². The first-order valence-corrected chi connectivity index (χ1v) is 23.9. The lowest BCUT2D eigenvalue weighted by Crippen LogP contribution is -2.67. The highest BCUT2D eigenvalue weighted by Gasteiger charge is 2.78. The fraction of sp³-hybridized carbons (Fsp3) is 0.784. The number of ether oxygens (including phenoxy) is 8. The van der Waals surface area contributed by atoms with Crippen molar-refractivity contribution in [3.63, 3.8) is 0 Å². The van der Waals surface area contributed by atoms with Gasteiger partial charge in [0.15, 0.2) is 36.4 Å². The van der Waals surface area contributed by atoms with E-state index in [1.165, 1.54) is 20.8 Å². The summed E-state index contributed by atoms with van der Waals surface area (Å²) in [4.78, 5) is 66.4. The van der Waals surface area contributed by atoms with Crippen LogP contribution in [0.15, 0.2) is 34.4 Å². The standard InChI is InChI=1S/C51H70O14/c1-26(53)59-32-22-30(50(57,25-52)48(11)20-14-17-44(4,5)37(32)48)42-64-43-51(65-42)31(23-33(60-27(2)54)38-45(6,7)18-15-21-49(38,51)12)41(63-43)62-35-29-24-58-40(56)34(29)47(10)19-13-16-46(8,9)39(47)36(35)61-28(3)55/h22-23,25,32-33,35-39,41-43,57H,13-21,24H2,1-12H3/t32-,33-,35+,36-,37+,38+,39+,41+,42+,43+,47-,48+,49+,50-,51+/m1/s1. The van der Waals surface area contributed by atoms with Crippen molar-refractivity contribution in [3.8, 4) is 0 Å². The van der Waals surface area contributed by atoms with Crippen molar-refractivity contribution in [1.82, 2.24) is 0 Å². The summed E-state index contributed by atoms with van der Waals surface area (Å²) in [6.45, 7) is 22.9. The average molecular weight is 907 g/mol. The molecular formula is C51H70O14. The van der Waals surface area contributed by atoms with Crippen LogP contribution in [0.4, 0.5) is 0 Å². The number of carbonyl (C=O) groups is 5. The molecule has 6 aliphatic carbocycles. The van der Waals surface area contributed by atoms with Crippen LogP contribution in [0, 0.1) is 50.2 Å². The second-order valence-corrected chi connectivity index (χ2v) is 23.7. The molecule has 2 saturated heterocycles. The Morgan fingerprint density at radius 1 is 0.692 bits per heavy atom. The van der Waals surface area contributed by atoms with Gasteiger partial charge in [0, 0.05) is 77.1 Å². The van der Waals surface area contributed by atoms with Gasteiger partial charge in [-0.25, -0.2) is 4.79 Å². The highest BCUT2D eigenvalue weighted by molar-refractivity contribution is 5.94. The van der Waals surface area contributed by atoms with E-state index in [1.54, 1.807) is 6.08 Å². The second kappa shape index (κ2) is 15.0. The Morgan fingerprint density at radius 3 is 1.78 bits per heavy atom. The molecule has 3 saturated carbocycles. The second-order valence-electron chi connectivity index (χ2n) is 23.7. The van der Waals surface area contributed by atoms with Gasteiger partial charge in [-0.15, -0.1) is 0 Å². The normalized spacial score (nSPS) is 46.4. The first-order chi connectivity index (χ1) is 30.2. The number of rotatable bonds is 7. The third-order valence-corrected chi connectivity index (χ3v) is 18.5. The van der Waals surface area contributed by atoms with Gasteiger partial charge in [0.1, 0.15) is 31.0 Å². The van der Waals surface area contributed by atoms with E-state index in [0.717, 1.165) is 38.5 Å². The maximum atomic E-state index is 13.8. The van der Waals surface area contributed by atoms with Crippen molar-refractivity contribution in [2.24, 2.45) is 50.2 Å². The van der Waals surface area contributed by atoms with Crippen molar-refractivity contribution in [1.29, 1.82) is 0 Å². The Balaban J connectivity index is 1.21. The molecule has 3 aliphatic heterocycles. The minimum Gasteiger partial charge on any atom is -0.459 e. The van der Waals surface area contributed by atoms with Gasteiger partial charge in [-0.2, -0.15) is 0 Å². The van der Waals surface area contributed by atoms with Crippen LogP contribution in [0.3, 0.4) is 0 Å². The molecule has 0 radical (unpaired) electrons. The minimum absolute atomic E-state index is 0.0443. The fourth-order valence-electron chi connectivity index (χ4n) is 16.4. The number of hydrogen-bond donors (Lipinski definition) is 1. The molecule has 14 heteroatoms. The Morgan fingerprint density at radius 2 is 1.22 bits per heavy atom. The zero-order valence-corrected chi connectivity index (χ0v) is 40.3. The summed E-state index contributed by atoms with van der Waals surface area (Å²) >= 11 is 0. The van der Waals surface area contributed by atoms with Crippen LogP contribution in [0.5, 0.6) is 0 Å². The predicted molar refractivity (Wildman–Crippen MR) is 232 cm³/mol. The molecule has 0 aromatic carbocycles. The van der Waals surface area contributed by atoms with Crippen LogP contribution < -0.4 is 0 Å². The smallest absolute Gasteiger partial charge is 0.335 e. The summed E-state index contributed by atoms with van der Waals surface area (Å²) in [5, 5.41) is 13.0. The third-order valence-electron chi connectivity index (χ3n) is 18.5. The molecule has 0 unspecified atom stereocenters. The van der Waals surface area contributed by atoms with Gasteiger partial charge in [0.05, 0.1) is 0 Å². The van der Waals surface area contributed by atoms with Crippen LogP contribution in [0.2, 0.25) is 0 Å². The number of esters is 4. The average Bonchev–Trinajstić information content (AvgIpc) is 3.83. The minimum atomic E-state index is -2.09. The summed E-state index contributed by atoms with van der Waals surface area (Å²) < 4.78 is 53.2. The first-order valence-electron chi connectivity index (χ1n) is 23.9. The van der Waals surface area contributed by atoms with Crippen LogP contribution in [0.1, 0.15) is 141 Å². The molecule has 0 bridgehead atoms. The predicted octanol–water partition coefficient (Wildman–Crippen LogP) is 7.14. The molecule has 9 aliphatic rings. The molecule has 15 atom stereocenters. The zero-order valence-electron chi connectivity index (χ0n) is 40.3. The van der Waals surface area contributed by atoms with E-state index >= 15 is 0 Å². The van der Waals surface area contributed by atoms with Crippen LogP contribution in [-0.4, -0.2) is 96.4 Å². The zero-order chi connectivity index (χ0) is 47.2. The van der Waals surface area contributed by atoms with E-state index in [1.807, 2.05) is 13.0 Å². The summed E-state index contributed by atoms with van der Waals surface area (Å²) in [5.74, 6) is -2.93. The van der Waals surface area contributed by atoms with E-state index in [-0.39, 0.29) is 34.8 Å². The van der Waals surface area contributed by atoms with Gasteiger partial charge in [0.2, 0.25) is 0 Å². The molecule has 14 nitrogen and oxygen atoms in total. The van der Waals surface area contributed by atoms with E-state index in [0.29, 0.717) is 42.3 Å². The molecule has 0 aromatic heterocycles. The number of fused-ring (bicyclic) bond motifs is 4. The van der Waals surface area contributed by atoms with Crippen molar-refractivity contribution < 1.29 is 67.0 Å². The van der Waals surface area contributed by atoms with Crippen molar-refractivity contribution in [3.05, 3.63) is 34.4 Å². The number of cyclic esters (lactones) is 1. The molecule has 1 N–H and O–H groups in total. The Hall–Kier alpha value is -3.43.